The first-order chi connectivity index (χ1) is 6.69. The van der Waals surface area contributed by atoms with Crippen LogP contribution in [0.1, 0.15) is 36.5 Å². The molecule has 1 heterocycles. The lowest BCUT2D eigenvalue weighted by Crippen LogP contribution is -2.13. The quantitative estimate of drug-likeness (QED) is 0.815. The van der Waals surface area contributed by atoms with Crippen molar-refractivity contribution < 1.29 is 4.74 Å². The molecule has 2 atom stereocenters. The number of hydrogen-bond acceptors (Lipinski definition) is 4. The molecule has 0 amide bonds. The van der Waals surface area contributed by atoms with Crippen LogP contribution >= 0.6 is 11.3 Å². The minimum atomic E-state index is 0.328. The summed E-state index contributed by atoms with van der Waals surface area (Å²) in [4.78, 5) is 4.58. The Balaban J connectivity index is 2.67. The van der Waals surface area contributed by atoms with E-state index in [1.165, 1.54) is 0 Å². The maximum Gasteiger partial charge on any atom is 0.0980 e. The molecule has 0 saturated carbocycles. The fourth-order valence-corrected chi connectivity index (χ4v) is 2.15. The van der Waals surface area contributed by atoms with Gasteiger partial charge in [-0.15, -0.1) is 11.3 Å². The van der Waals surface area contributed by atoms with Gasteiger partial charge >= 0.3 is 0 Å². The van der Waals surface area contributed by atoms with Crippen molar-refractivity contribution in [3.63, 3.8) is 0 Å². The van der Waals surface area contributed by atoms with Crippen molar-refractivity contribution in [2.45, 2.75) is 25.8 Å². The molecule has 0 bridgehead atoms. The van der Waals surface area contributed by atoms with E-state index >= 15 is 0 Å². The van der Waals surface area contributed by atoms with Crippen LogP contribution in [0.4, 0.5) is 0 Å². The Kier molecular flexibility index (Phi) is 4.51. The van der Waals surface area contributed by atoms with Gasteiger partial charge in [-0.2, -0.15) is 0 Å². The first-order valence-electron chi connectivity index (χ1n) is 4.80. The summed E-state index contributed by atoms with van der Waals surface area (Å²) in [6.07, 6.45) is 0. The highest BCUT2D eigenvalue weighted by molar-refractivity contribution is 7.09. The second-order valence-electron chi connectivity index (χ2n) is 3.48. The number of rotatable bonds is 5. The van der Waals surface area contributed by atoms with Crippen molar-refractivity contribution in [3.8, 4) is 0 Å². The van der Waals surface area contributed by atoms with Crippen molar-refractivity contribution in [1.29, 1.82) is 0 Å². The first kappa shape index (κ1) is 11.6. The van der Waals surface area contributed by atoms with E-state index in [0.29, 0.717) is 12.0 Å². The van der Waals surface area contributed by atoms with Crippen LogP contribution in [0.2, 0.25) is 0 Å². The van der Waals surface area contributed by atoms with E-state index in [1.807, 2.05) is 7.05 Å². The topological polar surface area (TPSA) is 34.1 Å². The average Bonchev–Trinajstić information content (AvgIpc) is 2.66. The van der Waals surface area contributed by atoms with Gasteiger partial charge in [0.1, 0.15) is 0 Å². The van der Waals surface area contributed by atoms with Gasteiger partial charge in [-0.25, -0.2) is 4.98 Å². The highest BCUT2D eigenvalue weighted by Gasteiger charge is 2.12. The molecule has 0 radical (unpaired) electrons. The first-order valence-corrected chi connectivity index (χ1v) is 5.68. The third-order valence-corrected chi connectivity index (χ3v) is 3.35. The monoisotopic (exact) mass is 214 g/mol. The minimum Gasteiger partial charge on any atom is -0.384 e. The normalized spacial score (nSPS) is 15.4. The molecule has 14 heavy (non-hydrogen) atoms. The number of hydrogen-bond donors (Lipinski definition) is 1. The Bertz CT molecular complexity index is 275. The zero-order valence-corrected chi connectivity index (χ0v) is 10.0. The summed E-state index contributed by atoms with van der Waals surface area (Å²) in [6, 6.07) is 0.328. The van der Waals surface area contributed by atoms with Gasteiger partial charge in [-0.1, -0.05) is 6.92 Å². The fraction of sp³-hybridized carbons (Fsp3) is 0.700. The van der Waals surface area contributed by atoms with Crippen LogP contribution in [-0.4, -0.2) is 25.7 Å². The molecule has 1 aromatic rings. The molecule has 4 heteroatoms. The van der Waals surface area contributed by atoms with Gasteiger partial charge in [0, 0.05) is 24.4 Å². The molecule has 1 rings (SSSR count). The lowest BCUT2D eigenvalue weighted by molar-refractivity contribution is 0.184. The number of nitrogens with zero attached hydrogens (tertiary/aromatic N) is 1. The van der Waals surface area contributed by atoms with E-state index in [9.17, 15) is 0 Å². The van der Waals surface area contributed by atoms with Crippen molar-refractivity contribution in [2.75, 3.05) is 20.8 Å². The standard InChI is InChI=1S/C10H18N2OS/c1-7(5-13-4)10-12-9(6-14-10)8(2)11-3/h6-8,11H,5H2,1-4H3. The van der Waals surface area contributed by atoms with Crippen molar-refractivity contribution in [1.82, 2.24) is 10.3 Å². The largest absolute Gasteiger partial charge is 0.384 e. The summed E-state index contributed by atoms with van der Waals surface area (Å²) in [5, 5.41) is 6.45. The molecule has 80 valence electrons. The predicted octanol–water partition coefficient (Wildman–Crippen LogP) is 2.17. The van der Waals surface area contributed by atoms with Crippen LogP contribution in [0.15, 0.2) is 5.38 Å². The highest BCUT2D eigenvalue weighted by Crippen LogP contribution is 2.23. The number of ether oxygens (including phenoxy) is 1. The van der Waals surface area contributed by atoms with Crippen molar-refractivity contribution in [3.05, 3.63) is 16.1 Å². The molecule has 3 nitrogen and oxygen atoms in total. The predicted molar refractivity (Wildman–Crippen MR) is 59.9 cm³/mol. The van der Waals surface area contributed by atoms with E-state index in [4.69, 9.17) is 4.74 Å². The third kappa shape index (κ3) is 2.77. The Morgan fingerprint density at radius 2 is 2.29 bits per heavy atom. The molecule has 1 aromatic heterocycles. The van der Waals surface area contributed by atoms with Gasteiger partial charge in [0.25, 0.3) is 0 Å². The Labute approximate surface area is 89.5 Å². The SMILES string of the molecule is CNC(C)c1csc(C(C)COC)n1. The molecule has 0 aliphatic carbocycles. The van der Waals surface area contributed by atoms with Crippen LogP contribution in [0, 0.1) is 0 Å². The van der Waals surface area contributed by atoms with Gasteiger partial charge in [0.15, 0.2) is 0 Å². The van der Waals surface area contributed by atoms with Crippen LogP contribution in [0.3, 0.4) is 0 Å². The zero-order valence-electron chi connectivity index (χ0n) is 9.20. The summed E-state index contributed by atoms with van der Waals surface area (Å²) in [7, 11) is 3.67. The second-order valence-corrected chi connectivity index (χ2v) is 4.37. The summed E-state index contributed by atoms with van der Waals surface area (Å²) < 4.78 is 5.11. The molecular weight excluding hydrogens is 196 g/mol. The molecule has 2 unspecified atom stereocenters. The molecular formula is C10H18N2OS. The molecule has 0 aromatic carbocycles. The van der Waals surface area contributed by atoms with Gasteiger partial charge in [-0.3, -0.25) is 0 Å². The molecule has 0 aliphatic rings. The lowest BCUT2D eigenvalue weighted by atomic mass is 10.2. The zero-order chi connectivity index (χ0) is 10.6. The summed E-state index contributed by atoms with van der Waals surface area (Å²) >= 11 is 1.71. The molecule has 0 aliphatic heterocycles. The second kappa shape index (κ2) is 5.44. The Morgan fingerprint density at radius 3 is 2.86 bits per heavy atom. The maximum absolute atomic E-state index is 5.11. The maximum atomic E-state index is 5.11. The van der Waals surface area contributed by atoms with E-state index in [1.54, 1.807) is 18.4 Å². The van der Waals surface area contributed by atoms with Gasteiger partial charge in [-0.05, 0) is 14.0 Å². The van der Waals surface area contributed by atoms with Crippen molar-refractivity contribution in [2.24, 2.45) is 0 Å². The van der Waals surface area contributed by atoms with E-state index in [-0.39, 0.29) is 0 Å². The van der Waals surface area contributed by atoms with Crippen LogP contribution in [0.25, 0.3) is 0 Å². The minimum absolute atomic E-state index is 0.328. The Morgan fingerprint density at radius 1 is 1.57 bits per heavy atom. The van der Waals surface area contributed by atoms with Gasteiger partial charge in [0.2, 0.25) is 0 Å². The van der Waals surface area contributed by atoms with Gasteiger partial charge in [0.05, 0.1) is 17.3 Å². The molecule has 0 fully saturated rings. The number of methoxy groups -OCH3 is 1. The summed E-state index contributed by atoms with van der Waals surface area (Å²) in [5.74, 6) is 0.391. The summed E-state index contributed by atoms with van der Waals surface area (Å²) in [5.41, 5.74) is 1.12. The van der Waals surface area contributed by atoms with Crippen LogP contribution in [0.5, 0.6) is 0 Å². The number of aromatic nitrogens is 1. The Hall–Kier alpha value is -0.450. The van der Waals surface area contributed by atoms with E-state index in [0.717, 1.165) is 17.3 Å². The summed E-state index contributed by atoms with van der Waals surface area (Å²) in [6.45, 7) is 4.98. The van der Waals surface area contributed by atoms with E-state index in [2.05, 4.69) is 29.5 Å². The van der Waals surface area contributed by atoms with Crippen molar-refractivity contribution >= 4 is 11.3 Å². The van der Waals surface area contributed by atoms with Gasteiger partial charge < -0.3 is 10.1 Å². The number of nitrogens with one attached hydrogen (secondary N) is 1. The van der Waals surface area contributed by atoms with Crippen LogP contribution in [-0.2, 0) is 4.74 Å². The van der Waals surface area contributed by atoms with Crippen LogP contribution < -0.4 is 5.32 Å². The molecule has 0 saturated heterocycles. The number of thiazole rings is 1. The average molecular weight is 214 g/mol. The smallest absolute Gasteiger partial charge is 0.0980 e. The third-order valence-electron chi connectivity index (χ3n) is 2.25. The molecule has 1 N–H and O–H groups in total. The highest BCUT2D eigenvalue weighted by atomic mass is 32.1. The van der Waals surface area contributed by atoms with E-state index < -0.39 is 0 Å². The molecule has 0 spiro atoms. The lowest BCUT2D eigenvalue weighted by Gasteiger charge is -2.07. The fourth-order valence-electron chi connectivity index (χ4n) is 1.20.